The van der Waals surface area contributed by atoms with E-state index in [9.17, 15) is 9.50 Å². The van der Waals surface area contributed by atoms with Gasteiger partial charge < -0.3 is 10.0 Å². The van der Waals surface area contributed by atoms with Crippen LogP contribution in [0.15, 0.2) is 36.7 Å². The minimum Gasteiger partial charge on any atom is -0.387 e. The first kappa shape index (κ1) is 16.3. The number of hydrogen-bond donors (Lipinski definition) is 1. The molecule has 1 atom stereocenters. The molecule has 0 radical (unpaired) electrons. The Morgan fingerprint density at radius 3 is 2.62 bits per heavy atom. The number of rotatable bonds is 5. The molecule has 2 heterocycles. The van der Waals surface area contributed by atoms with Crippen LogP contribution in [0.3, 0.4) is 0 Å². The standard InChI is InChI=1S/C17H20FN5O/c1-11(2)14-8-16(23-17(21-14)19-10-20-23)22(3)9-15(24)12-4-6-13(18)7-5-12/h4-8,10-11,15,24H,9H2,1-3H3. The minimum atomic E-state index is -0.746. The molecule has 24 heavy (non-hydrogen) atoms. The zero-order valence-corrected chi connectivity index (χ0v) is 13.9. The first-order chi connectivity index (χ1) is 11.5. The molecule has 0 aliphatic carbocycles. The van der Waals surface area contributed by atoms with E-state index in [1.807, 2.05) is 18.0 Å². The van der Waals surface area contributed by atoms with Gasteiger partial charge in [0.15, 0.2) is 0 Å². The van der Waals surface area contributed by atoms with E-state index in [1.165, 1.54) is 18.5 Å². The van der Waals surface area contributed by atoms with Gasteiger partial charge in [-0.05, 0) is 23.6 Å². The molecule has 0 aliphatic heterocycles. The second-order valence-corrected chi connectivity index (χ2v) is 6.11. The van der Waals surface area contributed by atoms with Crippen LogP contribution >= 0.6 is 0 Å². The molecule has 0 spiro atoms. The third-order valence-corrected chi connectivity index (χ3v) is 3.94. The predicted octanol–water partition coefficient (Wildman–Crippen LogP) is 2.56. The SMILES string of the molecule is CC(C)c1cc(N(C)CC(O)c2ccc(F)cc2)n2ncnc2n1. The van der Waals surface area contributed by atoms with Gasteiger partial charge in [-0.2, -0.15) is 14.6 Å². The maximum atomic E-state index is 13.0. The van der Waals surface area contributed by atoms with E-state index in [-0.39, 0.29) is 11.7 Å². The Labute approximate surface area is 139 Å². The van der Waals surface area contributed by atoms with E-state index in [1.54, 1.807) is 16.6 Å². The largest absolute Gasteiger partial charge is 0.387 e. The summed E-state index contributed by atoms with van der Waals surface area (Å²) in [4.78, 5) is 10.5. The van der Waals surface area contributed by atoms with Crippen LogP contribution in [0.2, 0.25) is 0 Å². The highest BCUT2D eigenvalue weighted by Crippen LogP contribution is 2.22. The van der Waals surface area contributed by atoms with Crippen molar-refractivity contribution in [2.75, 3.05) is 18.5 Å². The first-order valence-electron chi connectivity index (χ1n) is 7.81. The molecule has 0 amide bonds. The molecule has 0 saturated carbocycles. The summed E-state index contributed by atoms with van der Waals surface area (Å²) >= 11 is 0. The predicted molar refractivity (Wildman–Crippen MR) is 89.5 cm³/mol. The summed E-state index contributed by atoms with van der Waals surface area (Å²) < 4.78 is 14.7. The molecule has 0 bridgehead atoms. The van der Waals surface area contributed by atoms with Crippen molar-refractivity contribution in [1.82, 2.24) is 19.6 Å². The third kappa shape index (κ3) is 3.21. The van der Waals surface area contributed by atoms with Crippen LogP contribution < -0.4 is 4.90 Å². The van der Waals surface area contributed by atoms with Crippen LogP contribution in [0, 0.1) is 5.82 Å². The zero-order chi connectivity index (χ0) is 17.3. The molecular weight excluding hydrogens is 309 g/mol. The lowest BCUT2D eigenvalue weighted by Crippen LogP contribution is -2.26. The molecule has 2 aromatic heterocycles. The molecular formula is C17H20FN5O. The van der Waals surface area contributed by atoms with Crippen molar-refractivity contribution in [1.29, 1.82) is 0 Å². The van der Waals surface area contributed by atoms with Crippen molar-refractivity contribution in [2.24, 2.45) is 0 Å². The minimum absolute atomic E-state index is 0.251. The maximum absolute atomic E-state index is 13.0. The Kier molecular flexibility index (Phi) is 4.44. The number of benzene rings is 1. The van der Waals surface area contributed by atoms with Crippen LogP contribution in [0.25, 0.3) is 5.78 Å². The van der Waals surface area contributed by atoms with Crippen molar-refractivity contribution < 1.29 is 9.50 Å². The zero-order valence-electron chi connectivity index (χ0n) is 13.9. The van der Waals surface area contributed by atoms with Crippen LogP contribution in [0.5, 0.6) is 0 Å². The highest BCUT2D eigenvalue weighted by Gasteiger charge is 2.17. The van der Waals surface area contributed by atoms with Gasteiger partial charge >= 0.3 is 0 Å². The van der Waals surface area contributed by atoms with Gasteiger partial charge in [-0.25, -0.2) is 9.37 Å². The third-order valence-electron chi connectivity index (χ3n) is 3.94. The van der Waals surface area contributed by atoms with Gasteiger partial charge in [0.05, 0.1) is 11.8 Å². The lowest BCUT2D eigenvalue weighted by atomic mass is 10.1. The number of aliphatic hydroxyl groups is 1. The summed E-state index contributed by atoms with van der Waals surface area (Å²) in [5, 5.41) is 14.6. The Hall–Kier alpha value is -2.54. The second-order valence-electron chi connectivity index (χ2n) is 6.11. The average molecular weight is 329 g/mol. The van der Waals surface area contributed by atoms with Gasteiger partial charge in [0.2, 0.25) is 0 Å². The van der Waals surface area contributed by atoms with Gasteiger partial charge in [-0.15, -0.1) is 0 Å². The van der Waals surface area contributed by atoms with Crippen molar-refractivity contribution in [2.45, 2.75) is 25.9 Å². The summed E-state index contributed by atoms with van der Waals surface area (Å²) in [5.74, 6) is 1.25. The van der Waals surface area contributed by atoms with Gasteiger partial charge in [0, 0.05) is 19.7 Å². The van der Waals surface area contributed by atoms with Crippen LogP contribution in [0.4, 0.5) is 10.2 Å². The van der Waals surface area contributed by atoms with Crippen LogP contribution in [0.1, 0.15) is 37.1 Å². The number of hydrogen-bond acceptors (Lipinski definition) is 5. The fraction of sp³-hybridized carbons (Fsp3) is 0.353. The second kappa shape index (κ2) is 6.52. The summed E-state index contributed by atoms with van der Waals surface area (Å²) in [6.07, 6.45) is 0.713. The highest BCUT2D eigenvalue weighted by atomic mass is 19.1. The average Bonchev–Trinajstić information content (AvgIpc) is 3.02. The topological polar surface area (TPSA) is 66.5 Å². The van der Waals surface area contributed by atoms with Crippen LogP contribution in [-0.4, -0.2) is 38.3 Å². The van der Waals surface area contributed by atoms with Gasteiger partial charge in [-0.1, -0.05) is 26.0 Å². The van der Waals surface area contributed by atoms with Gasteiger partial charge in [0.1, 0.15) is 18.0 Å². The number of aromatic nitrogens is 4. The molecule has 0 saturated heterocycles. The number of fused-ring (bicyclic) bond motifs is 1. The molecule has 6 nitrogen and oxygen atoms in total. The fourth-order valence-electron chi connectivity index (χ4n) is 2.53. The fourth-order valence-corrected chi connectivity index (χ4v) is 2.53. The monoisotopic (exact) mass is 329 g/mol. The smallest absolute Gasteiger partial charge is 0.254 e. The first-order valence-corrected chi connectivity index (χ1v) is 7.81. The molecule has 0 aliphatic rings. The van der Waals surface area contributed by atoms with Crippen molar-refractivity contribution in [3.63, 3.8) is 0 Å². The molecule has 3 aromatic rings. The molecule has 1 N–H and O–H groups in total. The Balaban J connectivity index is 1.89. The summed E-state index contributed by atoms with van der Waals surface area (Å²) in [6, 6.07) is 7.81. The van der Waals surface area contributed by atoms with E-state index in [0.29, 0.717) is 17.9 Å². The Bertz CT molecular complexity index is 831. The molecule has 1 aromatic carbocycles. The summed E-state index contributed by atoms with van der Waals surface area (Å²) in [5.41, 5.74) is 1.57. The number of likely N-dealkylation sites (N-methyl/N-ethyl adjacent to an activating group) is 1. The molecule has 7 heteroatoms. The van der Waals surface area contributed by atoms with Gasteiger partial charge in [0.25, 0.3) is 5.78 Å². The van der Waals surface area contributed by atoms with E-state index < -0.39 is 6.10 Å². The van der Waals surface area contributed by atoms with Gasteiger partial charge in [-0.3, -0.25) is 0 Å². The van der Waals surface area contributed by atoms with E-state index in [0.717, 1.165) is 11.5 Å². The quantitative estimate of drug-likeness (QED) is 0.779. The molecule has 1 unspecified atom stereocenters. The number of nitrogens with zero attached hydrogens (tertiary/aromatic N) is 5. The lowest BCUT2D eigenvalue weighted by Gasteiger charge is -2.24. The van der Waals surface area contributed by atoms with Crippen LogP contribution in [-0.2, 0) is 0 Å². The highest BCUT2D eigenvalue weighted by molar-refractivity contribution is 5.47. The number of anilines is 1. The van der Waals surface area contributed by atoms with E-state index in [4.69, 9.17) is 0 Å². The molecule has 3 rings (SSSR count). The summed E-state index contributed by atoms with van der Waals surface area (Å²) in [6.45, 7) is 4.46. The Morgan fingerprint density at radius 1 is 1.25 bits per heavy atom. The maximum Gasteiger partial charge on any atom is 0.254 e. The van der Waals surface area contributed by atoms with Crippen molar-refractivity contribution in [3.8, 4) is 0 Å². The lowest BCUT2D eigenvalue weighted by molar-refractivity contribution is 0.184. The Morgan fingerprint density at radius 2 is 1.96 bits per heavy atom. The normalized spacial score (nSPS) is 12.8. The molecule has 0 fully saturated rings. The van der Waals surface area contributed by atoms with E-state index >= 15 is 0 Å². The van der Waals surface area contributed by atoms with E-state index in [2.05, 4.69) is 28.9 Å². The number of halogens is 1. The van der Waals surface area contributed by atoms with Crippen molar-refractivity contribution in [3.05, 3.63) is 53.7 Å². The number of aliphatic hydroxyl groups excluding tert-OH is 1. The van der Waals surface area contributed by atoms with Crippen molar-refractivity contribution >= 4 is 11.6 Å². The summed E-state index contributed by atoms with van der Waals surface area (Å²) in [7, 11) is 1.87. The molecule has 126 valence electrons.